The lowest BCUT2D eigenvalue weighted by atomic mass is 10.2. The van der Waals surface area contributed by atoms with E-state index >= 15 is 0 Å². The molecule has 0 aliphatic heterocycles. The lowest BCUT2D eigenvalue weighted by Crippen LogP contribution is -2.38. The van der Waals surface area contributed by atoms with E-state index < -0.39 is 6.09 Å². The van der Waals surface area contributed by atoms with Crippen LogP contribution in [0, 0.1) is 6.92 Å². The van der Waals surface area contributed by atoms with Crippen LogP contribution >= 0.6 is 0 Å². The number of nitrogens with two attached hydrogens (primary N) is 1. The molecule has 116 valence electrons. The van der Waals surface area contributed by atoms with Gasteiger partial charge >= 0.3 is 6.09 Å². The molecule has 6 heteroatoms. The largest absolute Gasteiger partial charge is 0.457 e. The van der Waals surface area contributed by atoms with Gasteiger partial charge in [-0.3, -0.25) is 5.43 Å². The highest BCUT2D eigenvalue weighted by molar-refractivity contribution is 5.69. The molecule has 0 saturated carbocycles. The average Bonchev–Trinajstić information content (AvgIpc) is 2.43. The van der Waals surface area contributed by atoms with Gasteiger partial charge in [-0.25, -0.2) is 9.80 Å². The van der Waals surface area contributed by atoms with Crippen molar-refractivity contribution in [2.24, 2.45) is 0 Å². The SMILES string of the molecule is Cc1cc(N)ccc1Oc1ccc(OC(=O)NN(C)C)cc1. The maximum absolute atomic E-state index is 11.5. The zero-order valence-electron chi connectivity index (χ0n) is 12.8. The molecule has 22 heavy (non-hydrogen) atoms. The minimum absolute atomic E-state index is 0.431. The van der Waals surface area contributed by atoms with Gasteiger partial charge in [-0.15, -0.1) is 0 Å². The van der Waals surface area contributed by atoms with Gasteiger partial charge in [-0.1, -0.05) is 0 Å². The zero-order valence-corrected chi connectivity index (χ0v) is 12.8. The fraction of sp³-hybridized carbons (Fsp3) is 0.188. The summed E-state index contributed by atoms with van der Waals surface area (Å²) < 4.78 is 10.9. The normalized spacial score (nSPS) is 10.4. The van der Waals surface area contributed by atoms with E-state index in [1.165, 1.54) is 5.01 Å². The molecule has 0 fully saturated rings. The lowest BCUT2D eigenvalue weighted by molar-refractivity contribution is 0.171. The van der Waals surface area contributed by atoms with Gasteiger partial charge in [0.1, 0.15) is 17.2 Å². The molecule has 0 aliphatic rings. The summed E-state index contributed by atoms with van der Waals surface area (Å²) in [6.07, 6.45) is -0.548. The molecule has 0 aliphatic carbocycles. The molecule has 0 aromatic heterocycles. The van der Waals surface area contributed by atoms with Gasteiger partial charge in [0, 0.05) is 19.8 Å². The smallest absolute Gasteiger partial charge is 0.427 e. The molecule has 6 nitrogen and oxygen atoms in total. The molecule has 3 N–H and O–H groups in total. The summed E-state index contributed by atoms with van der Waals surface area (Å²) in [5, 5.41) is 1.50. The molecule has 2 rings (SSSR count). The van der Waals surface area contributed by atoms with Crippen LogP contribution < -0.4 is 20.6 Å². The Morgan fingerprint density at radius 2 is 1.73 bits per heavy atom. The minimum Gasteiger partial charge on any atom is -0.457 e. The van der Waals surface area contributed by atoms with Crippen LogP contribution in [0.4, 0.5) is 10.5 Å². The van der Waals surface area contributed by atoms with Crippen molar-refractivity contribution in [3.63, 3.8) is 0 Å². The van der Waals surface area contributed by atoms with Crippen LogP contribution in [0.5, 0.6) is 17.2 Å². The molecule has 1 amide bonds. The Bertz CT molecular complexity index is 654. The van der Waals surface area contributed by atoms with Crippen LogP contribution in [0.25, 0.3) is 0 Å². The van der Waals surface area contributed by atoms with Crippen molar-refractivity contribution >= 4 is 11.8 Å². The van der Waals surface area contributed by atoms with Crippen molar-refractivity contribution in [2.75, 3.05) is 19.8 Å². The summed E-state index contributed by atoms with van der Waals surface area (Å²) in [7, 11) is 3.40. The van der Waals surface area contributed by atoms with Crippen molar-refractivity contribution in [1.29, 1.82) is 0 Å². The van der Waals surface area contributed by atoms with Gasteiger partial charge in [0.2, 0.25) is 0 Å². The van der Waals surface area contributed by atoms with E-state index in [2.05, 4.69) is 5.43 Å². The van der Waals surface area contributed by atoms with Gasteiger partial charge in [0.25, 0.3) is 0 Å². The number of rotatable bonds is 4. The van der Waals surface area contributed by atoms with Crippen LogP contribution in [0.2, 0.25) is 0 Å². The third-order valence-electron chi connectivity index (χ3n) is 2.78. The maximum atomic E-state index is 11.5. The van der Waals surface area contributed by atoms with E-state index in [9.17, 15) is 4.79 Å². The fourth-order valence-electron chi connectivity index (χ4n) is 1.80. The Morgan fingerprint density at radius 1 is 1.09 bits per heavy atom. The van der Waals surface area contributed by atoms with E-state index in [0.29, 0.717) is 17.2 Å². The van der Waals surface area contributed by atoms with Crippen LogP contribution in [0.1, 0.15) is 5.56 Å². The van der Waals surface area contributed by atoms with Crippen molar-refractivity contribution in [1.82, 2.24) is 10.4 Å². The summed E-state index contributed by atoms with van der Waals surface area (Å²) >= 11 is 0. The molecule has 2 aromatic rings. The number of carbonyl (C=O) groups is 1. The van der Waals surface area contributed by atoms with E-state index in [1.54, 1.807) is 44.4 Å². The van der Waals surface area contributed by atoms with Crippen LogP contribution in [-0.4, -0.2) is 25.2 Å². The Kier molecular flexibility index (Phi) is 4.85. The van der Waals surface area contributed by atoms with Gasteiger partial charge in [-0.05, 0) is 55.0 Å². The van der Waals surface area contributed by atoms with Gasteiger partial charge in [0.05, 0.1) is 0 Å². The summed E-state index contributed by atoms with van der Waals surface area (Å²) in [5.74, 6) is 1.81. The fourth-order valence-corrected chi connectivity index (χ4v) is 1.80. The number of nitrogens with zero attached hydrogens (tertiary/aromatic N) is 1. The topological polar surface area (TPSA) is 76.8 Å². The first-order chi connectivity index (χ1) is 10.4. The van der Waals surface area contributed by atoms with Gasteiger partial charge in [0.15, 0.2) is 0 Å². The second-order valence-corrected chi connectivity index (χ2v) is 4.99. The lowest BCUT2D eigenvalue weighted by Gasteiger charge is -2.12. The molecule has 2 aromatic carbocycles. The predicted octanol–water partition coefficient (Wildman–Crippen LogP) is 2.93. The summed E-state index contributed by atoms with van der Waals surface area (Å²) in [6.45, 7) is 1.93. The zero-order chi connectivity index (χ0) is 16.1. The third-order valence-corrected chi connectivity index (χ3v) is 2.78. The molecule has 0 saturated heterocycles. The molecule has 0 bridgehead atoms. The quantitative estimate of drug-likeness (QED) is 0.670. The molecule has 0 spiro atoms. The number of amides is 1. The third kappa shape index (κ3) is 4.39. The van der Waals surface area contributed by atoms with E-state index in [-0.39, 0.29) is 0 Å². The van der Waals surface area contributed by atoms with Gasteiger partial charge < -0.3 is 15.2 Å². The van der Waals surface area contributed by atoms with E-state index in [4.69, 9.17) is 15.2 Å². The van der Waals surface area contributed by atoms with Crippen molar-refractivity contribution in [3.8, 4) is 17.2 Å². The van der Waals surface area contributed by atoms with Crippen molar-refractivity contribution in [3.05, 3.63) is 48.0 Å². The first kappa shape index (κ1) is 15.7. The number of anilines is 1. The second kappa shape index (κ2) is 6.82. The molecular formula is C16H19N3O3. The monoisotopic (exact) mass is 301 g/mol. The van der Waals surface area contributed by atoms with E-state index in [0.717, 1.165) is 11.3 Å². The first-order valence-electron chi connectivity index (χ1n) is 6.74. The second-order valence-electron chi connectivity index (χ2n) is 4.99. The number of hydrazine groups is 1. The molecule has 0 atom stereocenters. The van der Waals surface area contributed by atoms with Crippen LogP contribution in [0.15, 0.2) is 42.5 Å². The molecule has 0 unspecified atom stereocenters. The number of hydrogen-bond donors (Lipinski definition) is 2. The molecule has 0 heterocycles. The maximum Gasteiger partial charge on any atom is 0.427 e. The number of nitrogens with one attached hydrogen (secondary N) is 1. The molecule has 0 radical (unpaired) electrons. The summed E-state index contributed by atoms with van der Waals surface area (Å²) in [5.41, 5.74) is 9.84. The number of ether oxygens (including phenoxy) is 2. The van der Waals surface area contributed by atoms with Crippen molar-refractivity contribution < 1.29 is 14.3 Å². The summed E-state index contributed by atoms with van der Waals surface area (Å²) in [6, 6.07) is 12.2. The number of nitrogen functional groups attached to an aromatic ring is 1. The standard InChI is InChI=1S/C16H19N3O3/c1-11-10-12(17)4-9-15(11)21-13-5-7-14(8-6-13)22-16(20)18-19(2)3/h4-10H,17H2,1-3H3,(H,18,20). The Labute approximate surface area is 129 Å². The van der Waals surface area contributed by atoms with Crippen LogP contribution in [-0.2, 0) is 0 Å². The molecular weight excluding hydrogens is 282 g/mol. The first-order valence-corrected chi connectivity index (χ1v) is 6.74. The van der Waals surface area contributed by atoms with Crippen LogP contribution in [0.3, 0.4) is 0 Å². The highest BCUT2D eigenvalue weighted by Gasteiger charge is 2.06. The summed E-state index contributed by atoms with van der Waals surface area (Å²) in [4.78, 5) is 11.5. The van der Waals surface area contributed by atoms with Gasteiger partial charge in [-0.2, -0.15) is 0 Å². The number of carbonyl (C=O) groups excluding carboxylic acids is 1. The predicted molar refractivity (Wildman–Crippen MR) is 85.0 cm³/mol. The highest BCUT2D eigenvalue weighted by atomic mass is 16.6. The number of hydrogen-bond acceptors (Lipinski definition) is 5. The van der Waals surface area contributed by atoms with E-state index in [1.807, 2.05) is 19.1 Å². The Morgan fingerprint density at radius 3 is 2.32 bits per heavy atom. The van der Waals surface area contributed by atoms with Crippen molar-refractivity contribution in [2.45, 2.75) is 6.92 Å². The minimum atomic E-state index is -0.548. The Hall–Kier alpha value is -2.73. The Balaban J connectivity index is 2.01. The highest BCUT2D eigenvalue weighted by Crippen LogP contribution is 2.27. The average molecular weight is 301 g/mol. The number of aryl methyl sites for hydroxylation is 1. The number of benzene rings is 2.